The van der Waals surface area contributed by atoms with E-state index in [1.54, 1.807) is 19.9 Å². The number of hydrogen-bond donors (Lipinski definition) is 3. The van der Waals surface area contributed by atoms with Crippen LogP contribution in [-0.4, -0.2) is 36.9 Å². The van der Waals surface area contributed by atoms with E-state index in [2.05, 4.69) is 22.0 Å². The van der Waals surface area contributed by atoms with Crippen LogP contribution in [0.25, 0.3) is 22.6 Å². The van der Waals surface area contributed by atoms with Gasteiger partial charge in [0.1, 0.15) is 34.9 Å². The average Bonchev–Trinajstić information content (AvgIpc) is 3.38. The first-order valence-electron chi connectivity index (χ1n) is 10.6. The van der Waals surface area contributed by atoms with Crippen LogP contribution in [0.3, 0.4) is 0 Å². The SMILES string of the molecule is CCn1c(-c2nocc2N)nc2c(C#CC(C)(C)O)nc(OC(CN)c3ccccc3)cc21. The number of benzene rings is 1. The molecule has 0 fully saturated rings. The number of ether oxygens (including phenoxy) is 1. The Hall–Kier alpha value is -3.87. The smallest absolute Gasteiger partial charge is 0.217 e. The van der Waals surface area contributed by atoms with Gasteiger partial charge in [-0.15, -0.1) is 0 Å². The number of rotatable bonds is 6. The number of nitrogens with two attached hydrogens (primary N) is 2. The van der Waals surface area contributed by atoms with Gasteiger partial charge in [-0.3, -0.25) is 0 Å². The number of hydrogen-bond acceptors (Lipinski definition) is 8. The number of aromatic nitrogens is 4. The number of imidazole rings is 1. The maximum atomic E-state index is 10.1. The molecule has 3 heterocycles. The molecule has 4 rings (SSSR count). The van der Waals surface area contributed by atoms with Gasteiger partial charge in [0, 0.05) is 19.2 Å². The first kappa shape index (κ1) is 22.3. The van der Waals surface area contributed by atoms with Gasteiger partial charge >= 0.3 is 0 Å². The van der Waals surface area contributed by atoms with Gasteiger partial charge in [0.05, 0.1) is 5.52 Å². The summed E-state index contributed by atoms with van der Waals surface area (Å²) in [4.78, 5) is 9.32. The summed E-state index contributed by atoms with van der Waals surface area (Å²) in [5, 5.41) is 14.1. The lowest BCUT2D eigenvalue weighted by Gasteiger charge is -2.17. The van der Waals surface area contributed by atoms with Crippen molar-refractivity contribution in [1.82, 2.24) is 19.7 Å². The van der Waals surface area contributed by atoms with Crippen LogP contribution in [0.4, 0.5) is 5.69 Å². The van der Waals surface area contributed by atoms with Crippen molar-refractivity contribution in [2.45, 2.75) is 39.0 Å². The normalized spacial score (nSPS) is 12.4. The fourth-order valence-corrected chi connectivity index (χ4v) is 3.44. The van der Waals surface area contributed by atoms with Crippen molar-refractivity contribution < 1.29 is 14.4 Å². The van der Waals surface area contributed by atoms with E-state index in [1.165, 1.54) is 6.26 Å². The predicted octanol–water partition coefficient (Wildman–Crippen LogP) is 2.89. The van der Waals surface area contributed by atoms with Gasteiger partial charge in [0.2, 0.25) is 5.88 Å². The van der Waals surface area contributed by atoms with Gasteiger partial charge in [-0.05, 0) is 32.3 Å². The van der Waals surface area contributed by atoms with E-state index in [-0.39, 0.29) is 6.54 Å². The zero-order valence-electron chi connectivity index (χ0n) is 18.7. The fourth-order valence-electron chi connectivity index (χ4n) is 3.44. The summed E-state index contributed by atoms with van der Waals surface area (Å²) in [6.07, 6.45) is 0.970. The molecule has 33 heavy (non-hydrogen) atoms. The van der Waals surface area contributed by atoms with E-state index >= 15 is 0 Å². The molecule has 0 bridgehead atoms. The van der Waals surface area contributed by atoms with Gasteiger partial charge in [-0.2, -0.15) is 0 Å². The van der Waals surface area contributed by atoms with Gasteiger partial charge in [0.25, 0.3) is 0 Å². The minimum absolute atomic E-state index is 0.266. The van der Waals surface area contributed by atoms with Crippen molar-refractivity contribution in [3.8, 4) is 29.2 Å². The van der Waals surface area contributed by atoms with Crippen LogP contribution in [0, 0.1) is 11.8 Å². The summed E-state index contributed by atoms with van der Waals surface area (Å²) in [7, 11) is 0. The predicted molar refractivity (Wildman–Crippen MR) is 125 cm³/mol. The Kier molecular flexibility index (Phi) is 6.05. The molecule has 0 radical (unpaired) electrons. The number of pyridine rings is 1. The van der Waals surface area contributed by atoms with Crippen molar-refractivity contribution in [1.29, 1.82) is 0 Å². The molecule has 1 atom stereocenters. The molecule has 3 aromatic heterocycles. The molecule has 170 valence electrons. The fraction of sp³-hybridized carbons (Fsp3) is 0.292. The lowest BCUT2D eigenvalue weighted by Crippen LogP contribution is -2.19. The zero-order chi connectivity index (χ0) is 23.6. The Morgan fingerprint density at radius 2 is 2.00 bits per heavy atom. The van der Waals surface area contributed by atoms with Gasteiger partial charge < -0.3 is 30.4 Å². The molecule has 1 aromatic carbocycles. The summed E-state index contributed by atoms with van der Waals surface area (Å²) < 4.78 is 13.1. The summed E-state index contributed by atoms with van der Waals surface area (Å²) >= 11 is 0. The molecule has 9 nitrogen and oxygen atoms in total. The highest BCUT2D eigenvalue weighted by molar-refractivity contribution is 5.86. The quantitative estimate of drug-likeness (QED) is 0.384. The molecule has 0 amide bonds. The lowest BCUT2D eigenvalue weighted by atomic mass is 10.1. The number of nitrogen functional groups attached to an aromatic ring is 1. The van der Waals surface area contributed by atoms with Gasteiger partial charge in [-0.25, -0.2) is 9.97 Å². The summed E-state index contributed by atoms with van der Waals surface area (Å²) in [5.74, 6) is 6.63. The third kappa shape index (κ3) is 4.67. The maximum Gasteiger partial charge on any atom is 0.217 e. The molecule has 5 N–H and O–H groups in total. The number of fused-ring (bicyclic) bond motifs is 1. The Morgan fingerprint density at radius 3 is 2.61 bits per heavy atom. The van der Waals surface area contributed by atoms with Crippen LogP contribution in [0.15, 0.2) is 47.2 Å². The lowest BCUT2D eigenvalue weighted by molar-refractivity contribution is 0.143. The number of nitrogens with zero attached hydrogens (tertiary/aromatic N) is 4. The van der Waals surface area contributed by atoms with Gasteiger partial charge in [0.15, 0.2) is 11.5 Å². The minimum Gasteiger partial charge on any atom is -0.468 e. The van der Waals surface area contributed by atoms with Crippen LogP contribution in [0.5, 0.6) is 5.88 Å². The van der Waals surface area contributed by atoms with Crippen LogP contribution in [0.1, 0.15) is 38.1 Å². The van der Waals surface area contributed by atoms with Crippen molar-refractivity contribution in [3.63, 3.8) is 0 Å². The van der Waals surface area contributed by atoms with Crippen LogP contribution in [-0.2, 0) is 6.54 Å². The highest BCUT2D eigenvalue weighted by atomic mass is 16.5. The molecule has 0 saturated heterocycles. The second-order valence-electron chi connectivity index (χ2n) is 8.04. The average molecular weight is 447 g/mol. The number of aliphatic hydroxyl groups is 1. The monoisotopic (exact) mass is 446 g/mol. The van der Waals surface area contributed by atoms with E-state index in [1.807, 2.05) is 41.8 Å². The van der Waals surface area contributed by atoms with Crippen molar-refractivity contribution in [3.05, 3.63) is 53.9 Å². The van der Waals surface area contributed by atoms with E-state index in [0.717, 1.165) is 11.1 Å². The third-order valence-electron chi connectivity index (χ3n) is 4.97. The van der Waals surface area contributed by atoms with Crippen molar-refractivity contribution >= 4 is 16.7 Å². The Labute approximate surface area is 191 Å². The van der Waals surface area contributed by atoms with E-state index in [4.69, 9.17) is 25.7 Å². The molecule has 0 aliphatic rings. The van der Waals surface area contributed by atoms with E-state index < -0.39 is 11.7 Å². The molecule has 4 aromatic rings. The molecule has 0 spiro atoms. The molecule has 0 saturated carbocycles. The summed E-state index contributed by atoms with van der Waals surface area (Å²) in [6.45, 7) is 6.03. The minimum atomic E-state index is -1.21. The highest BCUT2D eigenvalue weighted by Gasteiger charge is 2.22. The van der Waals surface area contributed by atoms with Crippen LogP contribution >= 0.6 is 0 Å². The van der Waals surface area contributed by atoms with E-state index in [9.17, 15) is 5.11 Å². The van der Waals surface area contributed by atoms with E-state index in [0.29, 0.717) is 40.8 Å². The molecule has 1 unspecified atom stereocenters. The second-order valence-corrected chi connectivity index (χ2v) is 8.04. The molecular formula is C24H26N6O3. The van der Waals surface area contributed by atoms with Crippen LogP contribution in [0.2, 0.25) is 0 Å². The molecule has 0 aliphatic carbocycles. The Morgan fingerprint density at radius 1 is 1.24 bits per heavy atom. The maximum absolute atomic E-state index is 10.1. The first-order valence-corrected chi connectivity index (χ1v) is 10.6. The Bertz CT molecular complexity index is 1330. The number of anilines is 1. The van der Waals surface area contributed by atoms with Gasteiger partial charge in [-0.1, -0.05) is 41.4 Å². The van der Waals surface area contributed by atoms with Crippen molar-refractivity contribution in [2.24, 2.45) is 5.73 Å². The molecule has 0 aliphatic heterocycles. The topological polar surface area (TPSA) is 138 Å². The summed E-state index contributed by atoms with van der Waals surface area (Å²) in [5.41, 5.74) is 14.2. The molecule has 9 heteroatoms. The second kappa shape index (κ2) is 8.94. The summed E-state index contributed by atoms with van der Waals surface area (Å²) in [6, 6.07) is 11.5. The Balaban J connectivity index is 1.89. The standard InChI is InChI=1S/C24H26N6O3/c1-4-30-18-12-20(33-19(13-25)15-8-6-5-7-9-15)27-17(10-11-24(2,3)31)22(18)28-23(30)21-16(26)14-32-29-21/h5-9,12,14,19,31H,4,13,25-26H2,1-3H3. The van der Waals surface area contributed by atoms with Crippen molar-refractivity contribution in [2.75, 3.05) is 12.3 Å². The largest absolute Gasteiger partial charge is 0.468 e. The number of aryl methyl sites for hydroxylation is 1. The van der Waals surface area contributed by atoms with Crippen LogP contribution < -0.4 is 16.2 Å². The highest BCUT2D eigenvalue weighted by Crippen LogP contribution is 2.31. The third-order valence-corrected chi connectivity index (χ3v) is 4.97. The zero-order valence-corrected chi connectivity index (χ0v) is 18.7. The molecular weight excluding hydrogens is 420 g/mol. The first-order chi connectivity index (χ1) is 15.8.